The minimum atomic E-state index is 0.492. The van der Waals surface area contributed by atoms with E-state index in [0.717, 1.165) is 19.0 Å². The SMILES string of the molecule is CCC(C)CN(CC)C(N)=NC1CCCC1. The van der Waals surface area contributed by atoms with Crippen molar-refractivity contribution in [3.05, 3.63) is 0 Å². The average Bonchev–Trinajstić information content (AvgIpc) is 2.77. The lowest BCUT2D eigenvalue weighted by Gasteiger charge is -2.25. The topological polar surface area (TPSA) is 41.6 Å². The van der Waals surface area contributed by atoms with E-state index in [0.29, 0.717) is 12.0 Å². The molecule has 2 N–H and O–H groups in total. The lowest BCUT2D eigenvalue weighted by Crippen LogP contribution is -2.40. The maximum atomic E-state index is 6.09. The third-order valence-corrected chi connectivity index (χ3v) is 3.57. The smallest absolute Gasteiger partial charge is 0.191 e. The first-order chi connectivity index (χ1) is 7.67. The Bertz CT molecular complexity index is 219. The van der Waals surface area contributed by atoms with Crippen molar-refractivity contribution in [3.8, 4) is 0 Å². The second-order valence-corrected chi connectivity index (χ2v) is 4.98. The summed E-state index contributed by atoms with van der Waals surface area (Å²) in [7, 11) is 0. The van der Waals surface area contributed by atoms with Gasteiger partial charge in [0.05, 0.1) is 6.04 Å². The number of rotatable bonds is 5. The normalized spacial score (nSPS) is 20.1. The molecule has 1 unspecified atom stereocenters. The number of guanidine groups is 1. The molecule has 94 valence electrons. The van der Waals surface area contributed by atoms with Gasteiger partial charge in [-0.1, -0.05) is 33.1 Å². The number of nitrogens with zero attached hydrogens (tertiary/aromatic N) is 2. The van der Waals surface area contributed by atoms with E-state index in [1.54, 1.807) is 0 Å². The van der Waals surface area contributed by atoms with Gasteiger partial charge < -0.3 is 10.6 Å². The van der Waals surface area contributed by atoms with Gasteiger partial charge in [0.1, 0.15) is 0 Å². The van der Waals surface area contributed by atoms with Crippen molar-refractivity contribution in [1.82, 2.24) is 4.90 Å². The van der Waals surface area contributed by atoms with Gasteiger partial charge in [-0.2, -0.15) is 0 Å². The quantitative estimate of drug-likeness (QED) is 0.577. The van der Waals surface area contributed by atoms with Crippen molar-refractivity contribution in [1.29, 1.82) is 0 Å². The van der Waals surface area contributed by atoms with Crippen LogP contribution in [0.5, 0.6) is 0 Å². The second kappa shape index (κ2) is 6.77. The molecule has 16 heavy (non-hydrogen) atoms. The van der Waals surface area contributed by atoms with Gasteiger partial charge in [-0.05, 0) is 25.7 Å². The number of nitrogens with two attached hydrogens (primary N) is 1. The third-order valence-electron chi connectivity index (χ3n) is 3.57. The molecule has 3 heteroatoms. The lowest BCUT2D eigenvalue weighted by molar-refractivity contribution is 0.353. The molecule has 0 amide bonds. The zero-order valence-electron chi connectivity index (χ0n) is 11.1. The van der Waals surface area contributed by atoms with Gasteiger partial charge >= 0.3 is 0 Å². The Morgan fingerprint density at radius 3 is 2.50 bits per heavy atom. The molecule has 0 bridgehead atoms. The van der Waals surface area contributed by atoms with Crippen molar-refractivity contribution in [2.45, 2.75) is 58.9 Å². The molecule has 0 aliphatic heterocycles. The molecule has 0 aromatic carbocycles. The summed E-state index contributed by atoms with van der Waals surface area (Å²) in [6.45, 7) is 8.65. The van der Waals surface area contributed by atoms with E-state index >= 15 is 0 Å². The van der Waals surface area contributed by atoms with E-state index in [-0.39, 0.29) is 0 Å². The van der Waals surface area contributed by atoms with Gasteiger partial charge in [-0.25, -0.2) is 4.99 Å². The van der Waals surface area contributed by atoms with Gasteiger partial charge in [0.2, 0.25) is 0 Å². The fourth-order valence-electron chi connectivity index (χ4n) is 2.19. The first-order valence-electron chi connectivity index (χ1n) is 6.75. The highest BCUT2D eigenvalue weighted by molar-refractivity contribution is 5.78. The van der Waals surface area contributed by atoms with Crippen LogP contribution >= 0.6 is 0 Å². The van der Waals surface area contributed by atoms with Crippen LogP contribution in [-0.2, 0) is 0 Å². The molecule has 1 aliphatic carbocycles. The predicted molar refractivity (Wildman–Crippen MR) is 70.6 cm³/mol. The summed E-state index contributed by atoms with van der Waals surface area (Å²) in [4.78, 5) is 6.87. The fourth-order valence-corrected chi connectivity index (χ4v) is 2.19. The summed E-state index contributed by atoms with van der Waals surface area (Å²) in [6, 6.07) is 0.492. The van der Waals surface area contributed by atoms with Crippen molar-refractivity contribution in [3.63, 3.8) is 0 Å². The van der Waals surface area contributed by atoms with Crippen molar-refractivity contribution >= 4 is 5.96 Å². The Balaban J connectivity index is 2.49. The van der Waals surface area contributed by atoms with E-state index in [1.165, 1.54) is 32.1 Å². The van der Waals surface area contributed by atoms with Crippen LogP contribution in [0.2, 0.25) is 0 Å². The van der Waals surface area contributed by atoms with E-state index in [9.17, 15) is 0 Å². The first-order valence-corrected chi connectivity index (χ1v) is 6.75. The Morgan fingerprint density at radius 2 is 2.00 bits per heavy atom. The summed E-state index contributed by atoms with van der Waals surface area (Å²) >= 11 is 0. The zero-order valence-corrected chi connectivity index (χ0v) is 11.1. The van der Waals surface area contributed by atoms with Crippen LogP contribution in [0.3, 0.4) is 0 Å². The van der Waals surface area contributed by atoms with Crippen molar-refractivity contribution in [2.24, 2.45) is 16.6 Å². The van der Waals surface area contributed by atoms with Gasteiger partial charge in [-0.15, -0.1) is 0 Å². The number of hydrogen-bond donors (Lipinski definition) is 1. The second-order valence-electron chi connectivity index (χ2n) is 4.98. The zero-order chi connectivity index (χ0) is 12.0. The summed E-state index contributed by atoms with van der Waals surface area (Å²) < 4.78 is 0. The molecule has 0 aromatic rings. The molecule has 3 nitrogen and oxygen atoms in total. The molecule has 0 radical (unpaired) electrons. The Labute approximate surface area is 100 Å². The molecule has 0 aromatic heterocycles. The Hall–Kier alpha value is -0.730. The standard InChI is InChI=1S/C13H27N3/c1-4-11(3)10-16(5-2)13(14)15-12-8-6-7-9-12/h11-12H,4-10H2,1-3H3,(H2,14,15). The minimum absolute atomic E-state index is 0.492. The van der Waals surface area contributed by atoms with Crippen LogP contribution in [0.15, 0.2) is 4.99 Å². The van der Waals surface area contributed by atoms with Crippen LogP contribution < -0.4 is 5.73 Å². The van der Waals surface area contributed by atoms with Crippen LogP contribution in [0.25, 0.3) is 0 Å². The summed E-state index contributed by atoms with van der Waals surface area (Å²) in [5, 5.41) is 0. The van der Waals surface area contributed by atoms with Crippen LogP contribution in [0.4, 0.5) is 0 Å². The minimum Gasteiger partial charge on any atom is -0.370 e. The molecule has 0 spiro atoms. The van der Waals surface area contributed by atoms with Crippen LogP contribution in [-0.4, -0.2) is 30.0 Å². The van der Waals surface area contributed by atoms with E-state index in [1.807, 2.05) is 0 Å². The fraction of sp³-hybridized carbons (Fsp3) is 0.923. The molecule has 1 rings (SSSR count). The van der Waals surface area contributed by atoms with Gasteiger partial charge in [0.25, 0.3) is 0 Å². The van der Waals surface area contributed by atoms with Gasteiger partial charge in [-0.3, -0.25) is 0 Å². The molecule has 1 fully saturated rings. The molecule has 1 aliphatic rings. The molecular weight excluding hydrogens is 198 g/mol. The number of aliphatic imine (C=N–C) groups is 1. The molecule has 1 atom stereocenters. The lowest BCUT2D eigenvalue weighted by atomic mass is 10.1. The van der Waals surface area contributed by atoms with E-state index in [4.69, 9.17) is 5.73 Å². The van der Waals surface area contributed by atoms with E-state index in [2.05, 4.69) is 30.7 Å². The van der Waals surface area contributed by atoms with Crippen LogP contribution in [0, 0.1) is 5.92 Å². The highest BCUT2D eigenvalue weighted by Gasteiger charge is 2.16. The van der Waals surface area contributed by atoms with Crippen LogP contribution in [0.1, 0.15) is 52.9 Å². The Kier molecular flexibility index (Phi) is 5.64. The third kappa shape index (κ3) is 4.03. The average molecular weight is 225 g/mol. The molecule has 0 heterocycles. The summed E-state index contributed by atoms with van der Waals surface area (Å²) in [5.41, 5.74) is 6.09. The maximum Gasteiger partial charge on any atom is 0.191 e. The number of hydrogen-bond acceptors (Lipinski definition) is 1. The highest BCUT2D eigenvalue weighted by atomic mass is 15.3. The van der Waals surface area contributed by atoms with Gasteiger partial charge in [0, 0.05) is 13.1 Å². The molecule has 0 saturated heterocycles. The van der Waals surface area contributed by atoms with E-state index < -0.39 is 0 Å². The highest BCUT2D eigenvalue weighted by Crippen LogP contribution is 2.21. The molecule has 1 saturated carbocycles. The largest absolute Gasteiger partial charge is 0.370 e. The molecular formula is C13H27N3. The maximum absolute atomic E-state index is 6.09. The van der Waals surface area contributed by atoms with Crippen molar-refractivity contribution in [2.75, 3.05) is 13.1 Å². The predicted octanol–water partition coefficient (Wildman–Crippen LogP) is 2.61. The Morgan fingerprint density at radius 1 is 1.38 bits per heavy atom. The van der Waals surface area contributed by atoms with Gasteiger partial charge in [0.15, 0.2) is 5.96 Å². The first kappa shape index (κ1) is 13.3. The summed E-state index contributed by atoms with van der Waals surface area (Å²) in [5.74, 6) is 1.45. The van der Waals surface area contributed by atoms with Crippen molar-refractivity contribution < 1.29 is 0 Å². The monoisotopic (exact) mass is 225 g/mol. The summed E-state index contributed by atoms with van der Waals surface area (Å²) in [6.07, 6.45) is 6.29.